The molecule has 2 aromatic rings. The Hall–Kier alpha value is -2.70. The van der Waals surface area contributed by atoms with E-state index < -0.39 is 5.60 Å². The maximum absolute atomic E-state index is 13.2. The van der Waals surface area contributed by atoms with Crippen molar-refractivity contribution in [3.05, 3.63) is 53.6 Å². The number of hydrogen-bond donors (Lipinski definition) is 0. The highest BCUT2D eigenvalue weighted by molar-refractivity contribution is 5.68. The second kappa shape index (κ2) is 7.97. The maximum atomic E-state index is 13.2. The second-order valence-electron chi connectivity index (χ2n) is 8.86. The van der Waals surface area contributed by atoms with Crippen LogP contribution in [0.1, 0.15) is 45.7 Å². The Morgan fingerprint density at radius 2 is 1.48 bits per heavy atom. The zero-order valence-corrected chi connectivity index (χ0v) is 17.8. The van der Waals surface area contributed by atoms with Crippen LogP contribution in [0.5, 0.6) is 0 Å². The molecule has 1 aromatic heterocycles. The number of aromatic nitrogens is 2. The van der Waals surface area contributed by atoms with Gasteiger partial charge in [0.15, 0.2) is 0 Å². The Labute approximate surface area is 171 Å². The minimum Gasteiger partial charge on any atom is -0.444 e. The molecule has 1 fully saturated rings. The lowest BCUT2D eigenvalue weighted by molar-refractivity contribution is 0.0240. The van der Waals surface area contributed by atoms with Crippen molar-refractivity contribution < 1.29 is 13.9 Å². The highest BCUT2D eigenvalue weighted by Crippen LogP contribution is 2.31. The van der Waals surface area contributed by atoms with Gasteiger partial charge in [-0.3, -0.25) is 0 Å². The third-order valence-electron chi connectivity index (χ3n) is 5.14. The predicted molar refractivity (Wildman–Crippen MR) is 111 cm³/mol. The molecule has 156 valence electrons. The topological polar surface area (TPSA) is 58.6 Å². The molecule has 6 nitrogen and oxygen atoms in total. The van der Waals surface area contributed by atoms with Crippen molar-refractivity contribution in [2.75, 3.05) is 31.1 Å². The quantitative estimate of drug-likeness (QED) is 0.779. The summed E-state index contributed by atoms with van der Waals surface area (Å²) in [5, 5.41) is 0. The van der Waals surface area contributed by atoms with E-state index in [0.29, 0.717) is 32.1 Å². The van der Waals surface area contributed by atoms with Gasteiger partial charge >= 0.3 is 6.09 Å². The van der Waals surface area contributed by atoms with E-state index in [1.165, 1.54) is 12.1 Å². The summed E-state index contributed by atoms with van der Waals surface area (Å²) in [5.41, 5.74) is 1.13. The van der Waals surface area contributed by atoms with Crippen molar-refractivity contribution in [3.8, 4) is 0 Å². The largest absolute Gasteiger partial charge is 0.444 e. The van der Waals surface area contributed by atoms with Crippen LogP contribution in [0.15, 0.2) is 36.7 Å². The SMILES string of the molecule is CC(C)(C)OC(=O)N1CCN(c2ncc(C(C)(C)c3ccc(F)cc3)cn2)CC1. The van der Waals surface area contributed by atoms with Gasteiger partial charge in [-0.25, -0.2) is 19.2 Å². The van der Waals surface area contributed by atoms with Crippen LogP contribution in [0.3, 0.4) is 0 Å². The van der Waals surface area contributed by atoms with Gasteiger partial charge in [0.2, 0.25) is 5.95 Å². The summed E-state index contributed by atoms with van der Waals surface area (Å²) in [6, 6.07) is 6.52. The highest BCUT2D eigenvalue weighted by atomic mass is 19.1. The zero-order valence-electron chi connectivity index (χ0n) is 17.8. The standard InChI is InChI=1S/C22H29FN4O2/c1-21(2,3)29-20(28)27-12-10-26(11-13-27)19-24-14-17(15-25-19)22(4,5)16-6-8-18(23)9-7-16/h6-9,14-15H,10-13H2,1-5H3. The molecule has 1 aromatic carbocycles. The third kappa shape index (κ3) is 5.02. The number of ether oxygens (including phenoxy) is 1. The number of amides is 1. The van der Waals surface area contributed by atoms with E-state index in [0.717, 1.165) is 11.1 Å². The van der Waals surface area contributed by atoms with Crippen molar-refractivity contribution in [2.45, 2.75) is 45.6 Å². The highest BCUT2D eigenvalue weighted by Gasteiger charge is 2.28. The smallest absolute Gasteiger partial charge is 0.410 e. The molecule has 1 aliphatic heterocycles. The Morgan fingerprint density at radius 1 is 0.931 bits per heavy atom. The van der Waals surface area contributed by atoms with Gasteiger partial charge in [-0.1, -0.05) is 26.0 Å². The molecule has 0 spiro atoms. The maximum Gasteiger partial charge on any atom is 0.410 e. The second-order valence-corrected chi connectivity index (χ2v) is 8.86. The monoisotopic (exact) mass is 400 g/mol. The molecule has 0 saturated carbocycles. The van der Waals surface area contributed by atoms with Gasteiger partial charge in [0.05, 0.1) is 0 Å². The number of benzene rings is 1. The Kier molecular flexibility index (Phi) is 5.78. The van der Waals surface area contributed by atoms with Gasteiger partial charge in [0.25, 0.3) is 0 Å². The first-order valence-electron chi connectivity index (χ1n) is 9.88. The lowest BCUT2D eigenvalue weighted by Gasteiger charge is -2.35. The Bertz CT molecular complexity index is 837. The molecule has 0 atom stereocenters. The van der Waals surface area contributed by atoms with Crippen molar-refractivity contribution in [1.82, 2.24) is 14.9 Å². The summed E-state index contributed by atoms with van der Waals surface area (Å²) in [4.78, 5) is 25.1. The third-order valence-corrected chi connectivity index (χ3v) is 5.14. The fourth-order valence-electron chi connectivity index (χ4n) is 3.26. The molecule has 0 bridgehead atoms. The van der Waals surface area contributed by atoms with Gasteiger partial charge in [-0.15, -0.1) is 0 Å². The number of rotatable bonds is 3. The fourth-order valence-corrected chi connectivity index (χ4v) is 3.26. The number of carbonyl (C=O) groups is 1. The number of nitrogens with zero attached hydrogens (tertiary/aromatic N) is 4. The molecule has 0 unspecified atom stereocenters. The van der Waals surface area contributed by atoms with Crippen molar-refractivity contribution >= 4 is 12.0 Å². The fraction of sp³-hybridized carbons (Fsp3) is 0.500. The molecule has 2 heterocycles. The van der Waals surface area contributed by atoms with Gasteiger partial charge in [-0.05, 0) is 44.0 Å². The van der Waals surface area contributed by atoms with E-state index in [-0.39, 0.29) is 17.3 Å². The summed E-state index contributed by atoms with van der Waals surface area (Å²) in [7, 11) is 0. The Balaban J connectivity index is 1.64. The van der Waals surface area contributed by atoms with E-state index in [2.05, 4.69) is 28.7 Å². The molecular weight excluding hydrogens is 371 g/mol. The number of hydrogen-bond acceptors (Lipinski definition) is 5. The Morgan fingerprint density at radius 3 is 2.00 bits per heavy atom. The van der Waals surface area contributed by atoms with Crippen LogP contribution in [0, 0.1) is 5.82 Å². The summed E-state index contributed by atoms with van der Waals surface area (Å²) in [6.45, 7) is 12.2. The van der Waals surface area contributed by atoms with E-state index >= 15 is 0 Å². The van der Waals surface area contributed by atoms with E-state index in [9.17, 15) is 9.18 Å². The number of piperazine rings is 1. The van der Waals surface area contributed by atoms with Gasteiger partial charge < -0.3 is 14.5 Å². The normalized spacial score (nSPS) is 15.4. The van der Waals surface area contributed by atoms with Crippen molar-refractivity contribution in [2.24, 2.45) is 0 Å². The van der Waals surface area contributed by atoms with Crippen molar-refractivity contribution in [1.29, 1.82) is 0 Å². The van der Waals surface area contributed by atoms with Crippen LogP contribution in [0.25, 0.3) is 0 Å². The van der Waals surface area contributed by atoms with Crippen LogP contribution < -0.4 is 4.90 Å². The van der Waals surface area contributed by atoms with Crippen LogP contribution in [-0.2, 0) is 10.2 Å². The molecule has 1 saturated heterocycles. The van der Waals surface area contributed by atoms with Gasteiger partial charge in [-0.2, -0.15) is 0 Å². The van der Waals surface area contributed by atoms with Crippen LogP contribution in [-0.4, -0.2) is 52.7 Å². The first kappa shape index (κ1) is 21.0. The van der Waals surface area contributed by atoms with E-state index in [1.54, 1.807) is 17.0 Å². The van der Waals surface area contributed by atoms with Crippen LogP contribution in [0.2, 0.25) is 0 Å². The number of halogens is 1. The first-order chi connectivity index (χ1) is 13.6. The molecular formula is C22H29FN4O2. The predicted octanol–water partition coefficient (Wildman–Crippen LogP) is 4.00. The van der Waals surface area contributed by atoms with Gasteiger partial charge in [0, 0.05) is 44.0 Å². The number of carbonyl (C=O) groups excluding carboxylic acids is 1. The molecule has 7 heteroatoms. The van der Waals surface area contributed by atoms with E-state index in [4.69, 9.17) is 4.74 Å². The molecule has 0 aliphatic carbocycles. The van der Waals surface area contributed by atoms with Crippen LogP contribution in [0.4, 0.5) is 15.1 Å². The molecule has 0 radical (unpaired) electrons. The van der Waals surface area contributed by atoms with Gasteiger partial charge in [0.1, 0.15) is 11.4 Å². The van der Waals surface area contributed by atoms with Crippen LogP contribution >= 0.6 is 0 Å². The lowest BCUT2D eigenvalue weighted by Crippen LogP contribution is -2.50. The molecule has 1 amide bonds. The molecule has 1 aliphatic rings. The lowest BCUT2D eigenvalue weighted by atomic mass is 9.79. The average molecular weight is 400 g/mol. The average Bonchev–Trinajstić information content (AvgIpc) is 2.67. The number of anilines is 1. The summed E-state index contributed by atoms with van der Waals surface area (Å²) >= 11 is 0. The molecule has 29 heavy (non-hydrogen) atoms. The zero-order chi connectivity index (χ0) is 21.2. The van der Waals surface area contributed by atoms with E-state index in [1.807, 2.05) is 33.2 Å². The molecule has 0 N–H and O–H groups in total. The minimum atomic E-state index is -0.496. The summed E-state index contributed by atoms with van der Waals surface area (Å²) in [6.07, 6.45) is 3.37. The summed E-state index contributed by atoms with van der Waals surface area (Å²) in [5.74, 6) is 0.397. The first-order valence-corrected chi connectivity index (χ1v) is 9.88. The van der Waals surface area contributed by atoms with Crippen molar-refractivity contribution in [3.63, 3.8) is 0 Å². The summed E-state index contributed by atoms with van der Waals surface area (Å²) < 4.78 is 18.7. The minimum absolute atomic E-state index is 0.248. The molecule has 3 rings (SSSR count).